The number of aliphatic hydroxyl groups is 1. The van der Waals surface area contributed by atoms with E-state index in [0.29, 0.717) is 0 Å². The van der Waals surface area contributed by atoms with Crippen molar-refractivity contribution in [3.63, 3.8) is 0 Å². The van der Waals surface area contributed by atoms with Crippen LogP contribution in [0.2, 0.25) is 0 Å². The Balaban J connectivity index is 1.90. The summed E-state index contributed by atoms with van der Waals surface area (Å²) in [4.78, 5) is 0. The predicted molar refractivity (Wildman–Crippen MR) is 75.2 cm³/mol. The molecule has 0 aliphatic heterocycles. The molecule has 0 radical (unpaired) electrons. The third kappa shape index (κ3) is 6.45. The molecule has 0 bridgehead atoms. The molecule has 1 N–H and O–H groups in total. The highest BCUT2D eigenvalue weighted by Gasteiger charge is 2.34. The van der Waals surface area contributed by atoms with Gasteiger partial charge in [0, 0.05) is 0 Å². The minimum atomic E-state index is -0.290. The van der Waals surface area contributed by atoms with E-state index in [2.05, 4.69) is 13.8 Å². The Kier molecular flexibility index (Phi) is 7.18. The van der Waals surface area contributed by atoms with Crippen LogP contribution < -0.4 is 0 Å². The van der Waals surface area contributed by atoms with Crippen molar-refractivity contribution in [3.05, 3.63) is 0 Å². The van der Waals surface area contributed by atoms with Crippen molar-refractivity contribution < 1.29 is 5.11 Å². The van der Waals surface area contributed by atoms with Gasteiger partial charge in [-0.05, 0) is 31.6 Å². The van der Waals surface area contributed by atoms with Gasteiger partial charge in [-0.3, -0.25) is 0 Å². The predicted octanol–water partition coefficient (Wildman–Crippen LogP) is 5.07. The minimum absolute atomic E-state index is 0.290. The van der Waals surface area contributed by atoms with Crippen LogP contribution >= 0.6 is 0 Å². The van der Waals surface area contributed by atoms with Gasteiger partial charge in [0.1, 0.15) is 0 Å². The van der Waals surface area contributed by atoms with Gasteiger partial charge in [0.25, 0.3) is 0 Å². The zero-order chi connectivity index (χ0) is 12.6. The van der Waals surface area contributed by atoms with Gasteiger partial charge in [0.15, 0.2) is 0 Å². The highest BCUT2D eigenvalue weighted by Crippen LogP contribution is 2.37. The number of hydrogen-bond acceptors (Lipinski definition) is 1. The van der Waals surface area contributed by atoms with E-state index >= 15 is 0 Å². The van der Waals surface area contributed by atoms with Crippen LogP contribution in [-0.4, -0.2) is 10.7 Å². The standard InChI is InChI=1S/C16H32O/c1-3-4-5-6-7-8-9-10-12-16(17)13-11-15(2)14-16/h15,17H,3-14H2,1-2H3. The van der Waals surface area contributed by atoms with Crippen LogP contribution in [0.25, 0.3) is 0 Å². The first kappa shape index (κ1) is 15.0. The monoisotopic (exact) mass is 240 g/mol. The van der Waals surface area contributed by atoms with Crippen molar-refractivity contribution in [2.75, 3.05) is 0 Å². The van der Waals surface area contributed by atoms with E-state index in [1.165, 1.54) is 57.8 Å². The van der Waals surface area contributed by atoms with Gasteiger partial charge in [0.05, 0.1) is 5.60 Å². The largest absolute Gasteiger partial charge is 0.390 e. The molecule has 1 aliphatic rings. The fourth-order valence-electron chi connectivity index (χ4n) is 3.18. The second-order valence-corrected chi connectivity index (χ2v) is 6.30. The summed E-state index contributed by atoms with van der Waals surface area (Å²) in [5.41, 5.74) is -0.290. The molecule has 0 saturated heterocycles. The van der Waals surface area contributed by atoms with E-state index in [-0.39, 0.29) is 5.60 Å². The average Bonchev–Trinajstić information content (AvgIpc) is 2.63. The highest BCUT2D eigenvalue weighted by molar-refractivity contribution is 4.87. The summed E-state index contributed by atoms with van der Waals surface area (Å²) < 4.78 is 0. The molecule has 0 aromatic carbocycles. The Bertz CT molecular complexity index is 190. The van der Waals surface area contributed by atoms with E-state index in [9.17, 15) is 5.11 Å². The summed E-state index contributed by atoms with van der Waals surface area (Å²) in [6.45, 7) is 4.54. The molecule has 0 aromatic heterocycles. The van der Waals surface area contributed by atoms with Crippen LogP contribution in [0.1, 0.15) is 90.9 Å². The minimum Gasteiger partial charge on any atom is -0.390 e. The first-order valence-corrected chi connectivity index (χ1v) is 7.89. The molecule has 1 nitrogen and oxygen atoms in total. The quantitative estimate of drug-likeness (QED) is 0.558. The van der Waals surface area contributed by atoms with Crippen LogP contribution in [0.15, 0.2) is 0 Å². The van der Waals surface area contributed by atoms with Crippen LogP contribution in [0.5, 0.6) is 0 Å². The molecular weight excluding hydrogens is 208 g/mol. The van der Waals surface area contributed by atoms with Crippen molar-refractivity contribution in [2.45, 2.75) is 96.5 Å². The molecule has 0 aromatic rings. The van der Waals surface area contributed by atoms with Gasteiger partial charge in [-0.25, -0.2) is 0 Å². The smallest absolute Gasteiger partial charge is 0.0650 e. The molecule has 1 rings (SSSR count). The second-order valence-electron chi connectivity index (χ2n) is 6.30. The summed E-state index contributed by atoms with van der Waals surface area (Å²) in [7, 11) is 0. The Morgan fingerprint density at radius 2 is 1.59 bits per heavy atom. The first-order chi connectivity index (χ1) is 8.16. The summed E-state index contributed by atoms with van der Waals surface area (Å²) in [5, 5.41) is 10.3. The second kappa shape index (κ2) is 8.13. The molecule has 1 aliphatic carbocycles. The Morgan fingerprint density at radius 3 is 2.12 bits per heavy atom. The molecule has 1 saturated carbocycles. The number of rotatable bonds is 9. The number of hydrogen-bond donors (Lipinski definition) is 1. The van der Waals surface area contributed by atoms with Gasteiger partial charge in [-0.15, -0.1) is 0 Å². The molecule has 1 fully saturated rings. The van der Waals surface area contributed by atoms with E-state index in [1.54, 1.807) is 0 Å². The van der Waals surface area contributed by atoms with Crippen molar-refractivity contribution in [1.82, 2.24) is 0 Å². The molecule has 0 spiro atoms. The Labute approximate surface area is 108 Å². The van der Waals surface area contributed by atoms with Crippen molar-refractivity contribution in [1.29, 1.82) is 0 Å². The lowest BCUT2D eigenvalue weighted by atomic mass is 9.93. The van der Waals surface area contributed by atoms with Gasteiger partial charge < -0.3 is 5.11 Å². The summed E-state index contributed by atoms with van der Waals surface area (Å²) >= 11 is 0. The first-order valence-electron chi connectivity index (χ1n) is 7.89. The molecular formula is C16H32O. The van der Waals surface area contributed by atoms with Gasteiger partial charge in [0.2, 0.25) is 0 Å². The lowest BCUT2D eigenvalue weighted by Crippen LogP contribution is -2.24. The maximum absolute atomic E-state index is 10.3. The zero-order valence-corrected chi connectivity index (χ0v) is 12.0. The summed E-state index contributed by atoms with van der Waals surface area (Å²) in [5.74, 6) is 0.744. The highest BCUT2D eigenvalue weighted by atomic mass is 16.3. The van der Waals surface area contributed by atoms with Gasteiger partial charge >= 0.3 is 0 Å². The fourth-order valence-corrected chi connectivity index (χ4v) is 3.18. The molecule has 0 amide bonds. The van der Waals surface area contributed by atoms with E-state index < -0.39 is 0 Å². The molecule has 2 unspecified atom stereocenters. The Hall–Kier alpha value is -0.0400. The Morgan fingerprint density at radius 1 is 1.00 bits per heavy atom. The van der Waals surface area contributed by atoms with Crippen LogP contribution in [-0.2, 0) is 0 Å². The van der Waals surface area contributed by atoms with Crippen molar-refractivity contribution in [2.24, 2.45) is 5.92 Å². The normalized spacial score (nSPS) is 28.8. The molecule has 1 heteroatoms. The van der Waals surface area contributed by atoms with Crippen molar-refractivity contribution >= 4 is 0 Å². The SMILES string of the molecule is CCCCCCCCCCC1(O)CCC(C)C1. The number of unbranched alkanes of at least 4 members (excludes halogenated alkanes) is 7. The van der Waals surface area contributed by atoms with Gasteiger partial charge in [-0.1, -0.05) is 65.2 Å². The summed E-state index contributed by atoms with van der Waals surface area (Å²) in [6.07, 6.45) is 15.3. The third-order valence-corrected chi connectivity index (χ3v) is 4.33. The molecule has 102 valence electrons. The van der Waals surface area contributed by atoms with Crippen molar-refractivity contribution in [3.8, 4) is 0 Å². The van der Waals surface area contributed by atoms with E-state index in [4.69, 9.17) is 0 Å². The third-order valence-electron chi connectivity index (χ3n) is 4.33. The lowest BCUT2D eigenvalue weighted by Gasteiger charge is -2.22. The topological polar surface area (TPSA) is 20.2 Å². The maximum atomic E-state index is 10.3. The van der Waals surface area contributed by atoms with E-state index in [0.717, 1.165) is 25.2 Å². The van der Waals surface area contributed by atoms with Gasteiger partial charge in [-0.2, -0.15) is 0 Å². The average molecular weight is 240 g/mol. The molecule has 17 heavy (non-hydrogen) atoms. The van der Waals surface area contributed by atoms with Crippen LogP contribution in [0.3, 0.4) is 0 Å². The zero-order valence-electron chi connectivity index (χ0n) is 12.0. The summed E-state index contributed by atoms with van der Waals surface area (Å²) in [6, 6.07) is 0. The maximum Gasteiger partial charge on any atom is 0.0650 e. The van der Waals surface area contributed by atoms with E-state index in [1.807, 2.05) is 0 Å². The van der Waals surface area contributed by atoms with Crippen LogP contribution in [0, 0.1) is 5.92 Å². The lowest BCUT2D eigenvalue weighted by molar-refractivity contribution is 0.0327. The molecule has 0 heterocycles. The van der Waals surface area contributed by atoms with Crippen LogP contribution in [0.4, 0.5) is 0 Å². The molecule has 2 atom stereocenters. The fraction of sp³-hybridized carbons (Fsp3) is 1.00.